The van der Waals surface area contributed by atoms with Gasteiger partial charge in [-0.1, -0.05) is 6.42 Å². The van der Waals surface area contributed by atoms with E-state index < -0.39 is 33.6 Å². The molecule has 3 N–H and O–H groups in total. The molecule has 1 aliphatic rings. The second-order valence-corrected chi connectivity index (χ2v) is 6.57. The predicted octanol–water partition coefficient (Wildman–Crippen LogP) is 0.136. The third-order valence-electron chi connectivity index (χ3n) is 3.20. The van der Waals surface area contributed by atoms with Crippen molar-refractivity contribution in [2.24, 2.45) is 5.73 Å². The SMILES string of the molecule is CS(=O)(=O)C1CCCC1(CN)NCC(F)F. The Morgan fingerprint density at radius 1 is 1.56 bits per heavy atom. The first kappa shape index (κ1) is 13.8. The monoisotopic (exact) mass is 256 g/mol. The van der Waals surface area contributed by atoms with Crippen LogP contribution in [0.3, 0.4) is 0 Å². The highest BCUT2D eigenvalue weighted by atomic mass is 32.2. The molecule has 4 nitrogen and oxygen atoms in total. The number of hydrogen-bond donors (Lipinski definition) is 2. The molecule has 0 aromatic rings. The lowest BCUT2D eigenvalue weighted by Gasteiger charge is -2.34. The van der Waals surface area contributed by atoms with Crippen molar-refractivity contribution < 1.29 is 17.2 Å². The summed E-state index contributed by atoms with van der Waals surface area (Å²) in [6, 6.07) is 0. The van der Waals surface area contributed by atoms with Gasteiger partial charge in [-0.3, -0.25) is 0 Å². The van der Waals surface area contributed by atoms with E-state index in [0.717, 1.165) is 6.26 Å². The summed E-state index contributed by atoms with van der Waals surface area (Å²) in [4.78, 5) is 0. The van der Waals surface area contributed by atoms with Crippen molar-refractivity contribution in [3.8, 4) is 0 Å². The minimum Gasteiger partial charge on any atom is -0.329 e. The highest BCUT2D eigenvalue weighted by molar-refractivity contribution is 7.91. The summed E-state index contributed by atoms with van der Waals surface area (Å²) in [5, 5.41) is 2.00. The van der Waals surface area contributed by atoms with Gasteiger partial charge in [0.1, 0.15) is 0 Å². The Morgan fingerprint density at radius 3 is 2.62 bits per heavy atom. The van der Waals surface area contributed by atoms with Crippen molar-refractivity contribution in [1.29, 1.82) is 0 Å². The van der Waals surface area contributed by atoms with E-state index in [0.29, 0.717) is 19.3 Å². The van der Waals surface area contributed by atoms with Crippen molar-refractivity contribution in [3.63, 3.8) is 0 Å². The molecular weight excluding hydrogens is 238 g/mol. The molecule has 0 saturated heterocycles. The van der Waals surface area contributed by atoms with Gasteiger partial charge in [0, 0.05) is 18.3 Å². The Morgan fingerprint density at radius 2 is 2.19 bits per heavy atom. The molecule has 96 valence electrons. The molecule has 1 rings (SSSR count). The molecule has 0 aromatic heterocycles. The summed E-state index contributed by atoms with van der Waals surface area (Å²) < 4.78 is 47.5. The lowest BCUT2D eigenvalue weighted by molar-refractivity contribution is 0.130. The number of nitrogens with one attached hydrogen (secondary N) is 1. The van der Waals surface area contributed by atoms with Gasteiger partial charge < -0.3 is 11.1 Å². The van der Waals surface area contributed by atoms with Gasteiger partial charge in [0.15, 0.2) is 9.84 Å². The molecule has 1 aliphatic carbocycles. The Balaban J connectivity index is 2.84. The van der Waals surface area contributed by atoms with Crippen molar-refractivity contribution in [2.45, 2.75) is 36.5 Å². The first-order valence-corrected chi connectivity index (χ1v) is 7.19. The van der Waals surface area contributed by atoms with Crippen LogP contribution >= 0.6 is 0 Å². The van der Waals surface area contributed by atoms with Crippen LogP contribution in [0, 0.1) is 0 Å². The molecule has 16 heavy (non-hydrogen) atoms. The lowest BCUT2D eigenvalue weighted by Crippen LogP contribution is -2.59. The summed E-state index contributed by atoms with van der Waals surface area (Å²) in [6.45, 7) is -0.444. The zero-order valence-corrected chi connectivity index (χ0v) is 10.1. The molecule has 0 heterocycles. The molecular formula is C9H18F2N2O2S. The summed E-state index contributed by atoms with van der Waals surface area (Å²) in [5.41, 5.74) is 4.70. The van der Waals surface area contributed by atoms with Crippen LogP contribution in [0.15, 0.2) is 0 Å². The summed E-state index contributed by atoms with van der Waals surface area (Å²) in [7, 11) is -3.26. The standard InChI is InChI=1S/C9H18F2N2O2S/c1-16(14,15)7-3-2-4-9(7,6-12)13-5-8(10)11/h7-8,13H,2-6,12H2,1H3. The van der Waals surface area contributed by atoms with Crippen LogP contribution in [0.4, 0.5) is 8.78 Å². The third-order valence-corrected chi connectivity index (χ3v) is 4.92. The van der Waals surface area contributed by atoms with Gasteiger partial charge >= 0.3 is 0 Å². The fourth-order valence-electron chi connectivity index (χ4n) is 2.45. The Labute approximate surface area is 94.5 Å². The van der Waals surface area contributed by atoms with Crippen LogP contribution in [0.5, 0.6) is 0 Å². The summed E-state index contributed by atoms with van der Waals surface area (Å²) in [6.07, 6.45) is 0.368. The van der Waals surface area contributed by atoms with E-state index >= 15 is 0 Å². The number of halogens is 2. The van der Waals surface area contributed by atoms with Gasteiger partial charge in [0.05, 0.1) is 11.8 Å². The predicted molar refractivity (Wildman–Crippen MR) is 58.3 cm³/mol. The molecule has 0 aliphatic heterocycles. The van der Waals surface area contributed by atoms with Crippen LogP contribution in [-0.2, 0) is 9.84 Å². The third kappa shape index (κ3) is 2.89. The molecule has 0 radical (unpaired) electrons. The maximum Gasteiger partial charge on any atom is 0.250 e. The van der Waals surface area contributed by atoms with Crippen LogP contribution in [0.25, 0.3) is 0 Å². The first-order chi connectivity index (χ1) is 7.32. The van der Waals surface area contributed by atoms with Crippen LogP contribution in [-0.4, -0.2) is 45.0 Å². The number of nitrogens with two attached hydrogens (primary N) is 1. The van der Waals surface area contributed by atoms with Gasteiger partial charge in [-0.25, -0.2) is 17.2 Å². The Hall–Kier alpha value is -0.270. The largest absolute Gasteiger partial charge is 0.329 e. The average molecular weight is 256 g/mol. The zero-order chi connectivity index (χ0) is 12.4. The van der Waals surface area contributed by atoms with Gasteiger partial charge in [0.25, 0.3) is 6.43 Å². The van der Waals surface area contributed by atoms with E-state index in [2.05, 4.69) is 5.32 Å². The van der Waals surface area contributed by atoms with Crippen molar-refractivity contribution in [2.75, 3.05) is 19.3 Å². The molecule has 0 aromatic carbocycles. The first-order valence-electron chi connectivity index (χ1n) is 5.24. The van der Waals surface area contributed by atoms with Crippen molar-refractivity contribution in [1.82, 2.24) is 5.32 Å². The maximum atomic E-state index is 12.2. The Kier molecular flexibility index (Phi) is 4.25. The number of sulfone groups is 1. The molecule has 0 bridgehead atoms. The average Bonchev–Trinajstić information content (AvgIpc) is 2.58. The number of rotatable bonds is 5. The van der Waals surface area contributed by atoms with E-state index in [9.17, 15) is 17.2 Å². The van der Waals surface area contributed by atoms with Gasteiger partial charge in [-0.15, -0.1) is 0 Å². The molecule has 7 heteroatoms. The molecule has 0 spiro atoms. The van der Waals surface area contributed by atoms with Gasteiger partial charge in [-0.2, -0.15) is 0 Å². The van der Waals surface area contributed by atoms with E-state index in [1.165, 1.54) is 0 Å². The minimum absolute atomic E-state index is 0.0669. The second kappa shape index (κ2) is 4.93. The molecule has 1 saturated carbocycles. The van der Waals surface area contributed by atoms with E-state index in [-0.39, 0.29) is 6.54 Å². The summed E-state index contributed by atoms with van der Waals surface area (Å²) >= 11 is 0. The van der Waals surface area contributed by atoms with Crippen LogP contribution < -0.4 is 11.1 Å². The molecule has 2 atom stereocenters. The van der Waals surface area contributed by atoms with Crippen molar-refractivity contribution >= 4 is 9.84 Å². The molecule has 0 amide bonds. The number of alkyl halides is 2. The van der Waals surface area contributed by atoms with Crippen molar-refractivity contribution in [3.05, 3.63) is 0 Å². The van der Waals surface area contributed by atoms with Gasteiger partial charge in [0.2, 0.25) is 0 Å². The fraction of sp³-hybridized carbons (Fsp3) is 1.00. The van der Waals surface area contributed by atoms with Gasteiger partial charge in [-0.05, 0) is 12.8 Å². The number of hydrogen-bond acceptors (Lipinski definition) is 4. The quantitative estimate of drug-likeness (QED) is 0.733. The van der Waals surface area contributed by atoms with E-state index in [1.807, 2.05) is 0 Å². The Bertz CT molecular complexity index is 334. The molecule has 1 fully saturated rings. The highest BCUT2D eigenvalue weighted by Gasteiger charge is 2.47. The smallest absolute Gasteiger partial charge is 0.250 e. The maximum absolute atomic E-state index is 12.2. The van der Waals surface area contributed by atoms with Crippen LogP contribution in [0.2, 0.25) is 0 Å². The summed E-state index contributed by atoms with van der Waals surface area (Å²) in [5.74, 6) is 0. The van der Waals surface area contributed by atoms with E-state index in [4.69, 9.17) is 5.73 Å². The topological polar surface area (TPSA) is 72.2 Å². The molecule has 2 unspecified atom stereocenters. The normalized spacial score (nSPS) is 31.2. The highest BCUT2D eigenvalue weighted by Crippen LogP contribution is 2.34. The lowest BCUT2D eigenvalue weighted by atomic mass is 9.97. The zero-order valence-electron chi connectivity index (χ0n) is 9.25. The van der Waals surface area contributed by atoms with E-state index in [1.54, 1.807) is 0 Å². The van der Waals surface area contributed by atoms with Crippen LogP contribution in [0.1, 0.15) is 19.3 Å². The fourth-order valence-corrected chi connectivity index (χ4v) is 4.16. The second-order valence-electron chi connectivity index (χ2n) is 4.34. The minimum atomic E-state index is -3.26.